The van der Waals surface area contributed by atoms with Gasteiger partial charge >= 0.3 is 0 Å². The number of rotatable bonds is 4. The van der Waals surface area contributed by atoms with Gasteiger partial charge in [-0.15, -0.1) is 0 Å². The molecule has 41 heavy (non-hydrogen) atoms. The topological polar surface area (TPSA) is 174 Å². The molecule has 1 saturated carbocycles. The number of aliphatic hydroxyl groups is 3. The number of carbonyl (C=O) groups is 3. The molecule has 0 unspecified atom stereocenters. The van der Waals surface area contributed by atoms with Crippen LogP contribution in [0.25, 0.3) is 16.9 Å². The minimum Gasteiger partial charge on any atom is -0.508 e. The molecule has 1 heterocycles. The number of hydrogen-bond donors (Lipinski definition) is 5. The van der Waals surface area contributed by atoms with Crippen molar-refractivity contribution >= 4 is 23.2 Å². The molecule has 210 valence electrons. The van der Waals surface area contributed by atoms with Crippen LogP contribution >= 0.6 is 0 Å². The number of pyridine rings is 1. The van der Waals surface area contributed by atoms with Gasteiger partial charge < -0.3 is 26.2 Å². The number of carbonyl (C=O) groups excluding carboxylic acids is 3. The Bertz CT molecular complexity index is 1640. The second kappa shape index (κ2) is 9.25. The summed E-state index contributed by atoms with van der Waals surface area (Å²) in [5, 5.41) is 44.9. The zero-order valence-electron chi connectivity index (χ0n) is 22.4. The molecule has 10 nitrogen and oxygen atoms in total. The van der Waals surface area contributed by atoms with Gasteiger partial charge in [0, 0.05) is 29.2 Å². The number of fused-ring (bicyclic) bond motifs is 3. The predicted molar refractivity (Wildman–Crippen MR) is 148 cm³/mol. The summed E-state index contributed by atoms with van der Waals surface area (Å²) in [7, 11) is 3.13. The zero-order chi connectivity index (χ0) is 29.4. The molecule has 0 bridgehead atoms. The predicted octanol–water partition coefficient (Wildman–Crippen LogP) is 2.24. The van der Waals surface area contributed by atoms with Crippen molar-refractivity contribution in [1.82, 2.24) is 9.88 Å². The highest BCUT2D eigenvalue weighted by molar-refractivity contribution is 6.24. The van der Waals surface area contributed by atoms with Crippen LogP contribution in [0.1, 0.15) is 29.2 Å². The smallest absolute Gasteiger partial charge is 0.255 e. The number of primary amides is 1. The maximum Gasteiger partial charge on any atom is 0.255 e. The van der Waals surface area contributed by atoms with Crippen LogP contribution < -0.4 is 5.73 Å². The third-order valence-corrected chi connectivity index (χ3v) is 8.79. The Hall–Kier alpha value is -4.54. The number of aromatic hydroxyl groups is 1. The number of aliphatic hydroxyl groups excluding tert-OH is 2. The van der Waals surface area contributed by atoms with Crippen molar-refractivity contribution in [1.29, 1.82) is 0 Å². The third kappa shape index (κ3) is 3.71. The lowest BCUT2D eigenvalue weighted by Crippen LogP contribution is -2.65. The van der Waals surface area contributed by atoms with Gasteiger partial charge in [-0.3, -0.25) is 24.3 Å². The van der Waals surface area contributed by atoms with Crippen LogP contribution in [0.4, 0.5) is 0 Å². The summed E-state index contributed by atoms with van der Waals surface area (Å²) in [6.07, 6.45) is 9.94. The summed E-state index contributed by atoms with van der Waals surface area (Å²) in [5.74, 6) is -6.68. The molecular weight excluding hydrogens is 526 g/mol. The first-order valence-corrected chi connectivity index (χ1v) is 13.3. The van der Waals surface area contributed by atoms with E-state index in [1.165, 1.54) is 11.0 Å². The third-order valence-electron chi connectivity index (χ3n) is 8.79. The van der Waals surface area contributed by atoms with E-state index in [2.05, 4.69) is 4.98 Å². The minimum atomic E-state index is -2.67. The highest BCUT2D eigenvalue weighted by Gasteiger charge is 2.64. The highest BCUT2D eigenvalue weighted by Crippen LogP contribution is 2.53. The summed E-state index contributed by atoms with van der Waals surface area (Å²) in [6, 6.07) is 5.82. The molecular formula is C31H29N3O7. The molecule has 0 spiro atoms. The van der Waals surface area contributed by atoms with E-state index in [1.807, 2.05) is 36.4 Å². The number of nitrogens with zero attached hydrogens (tertiary/aromatic N) is 2. The van der Waals surface area contributed by atoms with Crippen molar-refractivity contribution < 1.29 is 34.8 Å². The lowest BCUT2D eigenvalue weighted by atomic mass is 9.57. The number of ketones is 2. The number of amides is 1. The Morgan fingerprint density at radius 1 is 1.07 bits per heavy atom. The van der Waals surface area contributed by atoms with E-state index < -0.39 is 58.0 Å². The van der Waals surface area contributed by atoms with Gasteiger partial charge in [0.15, 0.2) is 11.4 Å². The molecule has 6 rings (SSSR count). The SMILES string of the molecule is CN(C)[C@H]1C(=O)C(C(N)=O)=C(O)[C@]2(O)C(=O)C3=C(O)c4c(O)ccc(-c5ccc(C6C=CC=C6)nc5)c4C[C@@H]3C[C@H]12. The first kappa shape index (κ1) is 26.7. The average Bonchev–Trinajstić information content (AvgIpc) is 3.46. The molecule has 4 atom stereocenters. The minimum absolute atomic E-state index is 0.0262. The van der Waals surface area contributed by atoms with E-state index in [1.54, 1.807) is 26.4 Å². The Morgan fingerprint density at radius 2 is 1.78 bits per heavy atom. The molecule has 10 heteroatoms. The fourth-order valence-electron chi connectivity index (χ4n) is 6.91. The van der Waals surface area contributed by atoms with Crippen molar-refractivity contribution in [3.05, 3.63) is 88.5 Å². The van der Waals surface area contributed by atoms with Crippen LogP contribution in [-0.2, 0) is 20.8 Å². The molecule has 0 aliphatic heterocycles. The average molecular weight is 556 g/mol. The van der Waals surface area contributed by atoms with Crippen LogP contribution in [0.3, 0.4) is 0 Å². The van der Waals surface area contributed by atoms with Crippen molar-refractivity contribution in [2.75, 3.05) is 14.1 Å². The lowest BCUT2D eigenvalue weighted by Gasteiger charge is -2.50. The van der Waals surface area contributed by atoms with E-state index in [-0.39, 0.29) is 35.6 Å². The fourth-order valence-corrected chi connectivity index (χ4v) is 6.91. The molecule has 0 saturated heterocycles. The van der Waals surface area contributed by atoms with Crippen molar-refractivity contribution in [3.63, 3.8) is 0 Å². The molecule has 1 aromatic heterocycles. The Labute approximate surface area is 235 Å². The molecule has 1 fully saturated rings. The van der Waals surface area contributed by atoms with Crippen molar-refractivity contribution in [2.45, 2.75) is 30.4 Å². The van der Waals surface area contributed by atoms with Gasteiger partial charge in [0.1, 0.15) is 22.8 Å². The second-order valence-electron chi connectivity index (χ2n) is 11.2. The van der Waals surface area contributed by atoms with E-state index >= 15 is 0 Å². The van der Waals surface area contributed by atoms with Crippen LogP contribution in [-0.4, -0.2) is 73.5 Å². The molecule has 4 aliphatic carbocycles. The lowest BCUT2D eigenvalue weighted by molar-refractivity contribution is -0.153. The normalized spacial score (nSPS) is 27.4. The number of likely N-dealkylation sites (N-methyl/N-ethyl adjacent to an activating group) is 1. The van der Waals surface area contributed by atoms with Crippen molar-refractivity contribution in [3.8, 4) is 16.9 Å². The van der Waals surface area contributed by atoms with Crippen LogP contribution in [0.2, 0.25) is 0 Å². The summed E-state index contributed by atoms with van der Waals surface area (Å²) < 4.78 is 0. The van der Waals surface area contributed by atoms with Gasteiger partial charge in [-0.05, 0) is 56.1 Å². The van der Waals surface area contributed by atoms with Gasteiger partial charge in [-0.25, -0.2) is 0 Å². The van der Waals surface area contributed by atoms with Crippen LogP contribution in [0.5, 0.6) is 5.75 Å². The standard InChI is InChI=1S/C31H29N3O7/c1-34(2)25-19-12-16-11-18-17(15-7-9-20(33-13-15)14-5-3-4-6-14)8-10-21(35)23(18)26(36)22(16)28(38)31(19,41)29(39)24(27(25)37)30(32)40/h3-10,13-14,16,19,25,35-36,39,41H,11-12H2,1-2H3,(H2,32,40)/t16-,19-,25-,31-/m1/s1. The van der Waals surface area contributed by atoms with E-state index in [9.17, 15) is 34.8 Å². The summed E-state index contributed by atoms with van der Waals surface area (Å²) in [6.45, 7) is 0. The van der Waals surface area contributed by atoms with Crippen LogP contribution in [0, 0.1) is 11.8 Å². The number of Topliss-reactive ketones (excluding diaryl/α,β-unsaturated/α-hetero) is 2. The Balaban J connectivity index is 1.49. The summed E-state index contributed by atoms with van der Waals surface area (Å²) in [5.41, 5.74) is 4.64. The van der Waals surface area contributed by atoms with Crippen molar-refractivity contribution in [2.24, 2.45) is 17.6 Å². The van der Waals surface area contributed by atoms with Gasteiger partial charge in [-0.1, -0.05) is 36.4 Å². The number of benzene rings is 1. The zero-order valence-corrected chi connectivity index (χ0v) is 22.4. The number of phenolic OH excluding ortho intramolecular Hbond substituents is 1. The second-order valence-corrected chi connectivity index (χ2v) is 11.2. The number of allylic oxidation sites excluding steroid dienone is 4. The first-order valence-electron chi connectivity index (χ1n) is 13.3. The van der Waals surface area contributed by atoms with Gasteiger partial charge in [-0.2, -0.15) is 0 Å². The Kier molecular flexibility index (Phi) is 6.02. The molecule has 1 amide bonds. The number of hydrogen-bond acceptors (Lipinski definition) is 9. The highest BCUT2D eigenvalue weighted by atomic mass is 16.3. The van der Waals surface area contributed by atoms with Gasteiger partial charge in [0.05, 0.1) is 17.3 Å². The Morgan fingerprint density at radius 3 is 2.39 bits per heavy atom. The van der Waals surface area contributed by atoms with Gasteiger partial charge in [0.25, 0.3) is 5.91 Å². The molecule has 1 aromatic carbocycles. The summed E-state index contributed by atoms with van der Waals surface area (Å²) >= 11 is 0. The molecule has 6 N–H and O–H groups in total. The fraction of sp³-hybridized carbons (Fsp3) is 0.290. The maximum absolute atomic E-state index is 14.0. The van der Waals surface area contributed by atoms with E-state index in [0.717, 1.165) is 11.3 Å². The first-order chi connectivity index (χ1) is 19.5. The number of nitrogens with two attached hydrogens (primary N) is 1. The monoisotopic (exact) mass is 555 g/mol. The van der Waals surface area contributed by atoms with Crippen LogP contribution in [0.15, 0.2) is 71.7 Å². The molecule has 2 aromatic rings. The molecule has 4 aliphatic rings. The maximum atomic E-state index is 14.0. The summed E-state index contributed by atoms with van der Waals surface area (Å²) in [4.78, 5) is 45.4. The number of aromatic nitrogens is 1. The number of phenols is 1. The van der Waals surface area contributed by atoms with Gasteiger partial charge in [0.2, 0.25) is 5.78 Å². The van der Waals surface area contributed by atoms with E-state index in [4.69, 9.17) is 5.73 Å². The van der Waals surface area contributed by atoms with E-state index in [0.29, 0.717) is 11.1 Å². The molecule has 0 radical (unpaired) electrons. The quantitative estimate of drug-likeness (QED) is 0.354. The largest absolute Gasteiger partial charge is 0.508 e.